The molecular formula is C14H11BrCl2FNO. The molecule has 0 aliphatic carbocycles. The fourth-order valence-electron chi connectivity index (χ4n) is 1.55. The first kappa shape index (κ1) is 15.4. The minimum atomic E-state index is -0.606. The molecule has 0 spiro atoms. The fraction of sp³-hybridized carbons (Fsp3) is 0.143. The standard InChI is InChI=1S/C14H11BrCl2FNO/c15-9-1-3-11(4-2-9)20-6-5-19-10-7-12(16)14(18)13(17)8-10/h1-4,7-8,19H,5-6H2. The predicted octanol–water partition coefficient (Wildman–Crippen LogP) is 5.39. The summed E-state index contributed by atoms with van der Waals surface area (Å²) in [6.45, 7) is 1.02. The predicted molar refractivity (Wildman–Crippen MR) is 84.5 cm³/mol. The van der Waals surface area contributed by atoms with Crippen molar-refractivity contribution in [1.29, 1.82) is 0 Å². The first-order valence-electron chi connectivity index (χ1n) is 5.83. The van der Waals surface area contributed by atoms with Crippen molar-refractivity contribution in [1.82, 2.24) is 0 Å². The third-order valence-electron chi connectivity index (χ3n) is 2.50. The Balaban J connectivity index is 1.83. The van der Waals surface area contributed by atoms with Crippen molar-refractivity contribution < 1.29 is 9.13 Å². The Morgan fingerprint density at radius 1 is 1.10 bits per heavy atom. The van der Waals surface area contributed by atoms with Crippen LogP contribution in [0.3, 0.4) is 0 Å². The molecule has 0 aromatic heterocycles. The molecule has 0 atom stereocenters. The van der Waals surface area contributed by atoms with Gasteiger partial charge in [0.1, 0.15) is 12.4 Å². The quantitative estimate of drug-likeness (QED) is 0.556. The zero-order valence-corrected chi connectivity index (χ0v) is 13.4. The molecule has 6 heteroatoms. The Morgan fingerprint density at radius 2 is 1.70 bits per heavy atom. The van der Waals surface area contributed by atoms with Crippen LogP contribution in [0, 0.1) is 5.82 Å². The lowest BCUT2D eigenvalue weighted by atomic mass is 10.3. The Labute approximate surface area is 135 Å². The van der Waals surface area contributed by atoms with Crippen molar-refractivity contribution in [3.63, 3.8) is 0 Å². The van der Waals surface area contributed by atoms with E-state index >= 15 is 0 Å². The van der Waals surface area contributed by atoms with Crippen LogP contribution in [0.5, 0.6) is 5.75 Å². The Hall–Kier alpha value is -0.970. The zero-order valence-electron chi connectivity index (χ0n) is 10.3. The van der Waals surface area contributed by atoms with Crippen molar-refractivity contribution in [3.8, 4) is 5.75 Å². The van der Waals surface area contributed by atoms with Crippen LogP contribution in [0.4, 0.5) is 10.1 Å². The van der Waals surface area contributed by atoms with Gasteiger partial charge in [0.05, 0.1) is 10.0 Å². The van der Waals surface area contributed by atoms with Gasteiger partial charge in [0.2, 0.25) is 0 Å². The van der Waals surface area contributed by atoms with E-state index in [1.807, 2.05) is 24.3 Å². The maximum Gasteiger partial charge on any atom is 0.160 e. The average molecular weight is 379 g/mol. The summed E-state index contributed by atoms with van der Waals surface area (Å²) < 4.78 is 19.8. The van der Waals surface area contributed by atoms with Crippen molar-refractivity contribution in [2.75, 3.05) is 18.5 Å². The molecule has 0 bridgehead atoms. The van der Waals surface area contributed by atoms with E-state index in [4.69, 9.17) is 27.9 Å². The van der Waals surface area contributed by atoms with Crippen molar-refractivity contribution in [2.24, 2.45) is 0 Å². The third kappa shape index (κ3) is 4.27. The van der Waals surface area contributed by atoms with E-state index in [1.165, 1.54) is 12.1 Å². The van der Waals surface area contributed by atoms with Crippen LogP contribution < -0.4 is 10.1 Å². The first-order chi connectivity index (χ1) is 9.56. The molecule has 2 nitrogen and oxygen atoms in total. The van der Waals surface area contributed by atoms with Crippen molar-refractivity contribution in [2.45, 2.75) is 0 Å². The van der Waals surface area contributed by atoms with Gasteiger partial charge in [-0.2, -0.15) is 0 Å². The Morgan fingerprint density at radius 3 is 2.30 bits per heavy atom. The van der Waals surface area contributed by atoms with Crippen LogP contribution in [-0.4, -0.2) is 13.2 Å². The van der Waals surface area contributed by atoms with Gasteiger partial charge in [-0.15, -0.1) is 0 Å². The molecule has 0 amide bonds. The first-order valence-corrected chi connectivity index (χ1v) is 7.38. The zero-order chi connectivity index (χ0) is 14.5. The summed E-state index contributed by atoms with van der Waals surface area (Å²) in [6.07, 6.45) is 0. The molecule has 20 heavy (non-hydrogen) atoms. The fourth-order valence-corrected chi connectivity index (χ4v) is 2.30. The van der Waals surface area contributed by atoms with Gasteiger partial charge in [0.15, 0.2) is 5.82 Å². The minimum Gasteiger partial charge on any atom is -0.492 e. The summed E-state index contributed by atoms with van der Waals surface area (Å²) in [6, 6.07) is 10.5. The molecule has 0 saturated carbocycles. The second-order valence-corrected chi connectivity index (χ2v) is 5.71. The summed E-state index contributed by atoms with van der Waals surface area (Å²) in [7, 11) is 0. The number of halogens is 4. The van der Waals surface area contributed by atoms with E-state index in [0.717, 1.165) is 10.2 Å². The topological polar surface area (TPSA) is 21.3 Å². The molecule has 2 aromatic carbocycles. The number of rotatable bonds is 5. The highest BCUT2D eigenvalue weighted by atomic mass is 79.9. The maximum atomic E-state index is 13.2. The van der Waals surface area contributed by atoms with E-state index in [9.17, 15) is 4.39 Å². The van der Waals surface area contributed by atoms with Crippen LogP contribution in [0.1, 0.15) is 0 Å². The Kier molecular flexibility index (Phi) is 5.52. The van der Waals surface area contributed by atoms with E-state index in [0.29, 0.717) is 18.8 Å². The van der Waals surface area contributed by atoms with Gasteiger partial charge in [0.25, 0.3) is 0 Å². The van der Waals surface area contributed by atoms with Gasteiger partial charge >= 0.3 is 0 Å². The number of nitrogens with one attached hydrogen (secondary N) is 1. The number of hydrogen-bond acceptors (Lipinski definition) is 2. The van der Waals surface area contributed by atoms with Gasteiger partial charge in [-0.1, -0.05) is 39.1 Å². The molecular weight excluding hydrogens is 368 g/mol. The number of anilines is 1. The van der Waals surface area contributed by atoms with E-state index in [1.54, 1.807) is 0 Å². The lowest BCUT2D eigenvalue weighted by molar-refractivity contribution is 0.333. The highest BCUT2D eigenvalue weighted by Crippen LogP contribution is 2.27. The van der Waals surface area contributed by atoms with Gasteiger partial charge in [-0.25, -0.2) is 4.39 Å². The molecule has 2 aromatic rings. The van der Waals surface area contributed by atoms with E-state index in [-0.39, 0.29) is 10.0 Å². The lowest BCUT2D eigenvalue weighted by Gasteiger charge is -2.10. The van der Waals surface area contributed by atoms with Crippen molar-refractivity contribution in [3.05, 3.63) is 56.7 Å². The molecule has 0 unspecified atom stereocenters. The molecule has 2 rings (SSSR count). The minimum absolute atomic E-state index is 0.00571. The monoisotopic (exact) mass is 377 g/mol. The summed E-state index contributed by atoms with van der Waals surface area (Å²) >= 11 is 14.8. The number of benzene rings is 2. The molecule has 0 radical (unpaired) electrons. The molecule has 0 aliphatic heterocycles. The second-order valence-electron chi connectivity index (χ2n) is 3.98. The van der Waals surface area contributed by atoms with Crippen LogP contribution in [0.25, 0.3) is 0 Å². The maximum absolute atomic E-state index is 13.2. The molecule has 1 N–H and O–H groups in total. The SMILES string of the molecule is Fc1c(Cl)cc(NCCOc2ccc(Br)cc2)cc1Cl. The highest BCUT2D eigenvalue weighted by Gasteiger charge is 2.07. The van der Waals surface area contributed by atoms with Gasteiger partial charge in [-0.3, -0.25) is 0 Å². The average Bonchev–Trinajstić information content (AvgIpc) is 2.43. The molecule has 0 fully saturated rings. The van der Waals surface area contributed by atoms with Crippen LogP contribution in [0.15, 0.2) is 40.9 Å². The van der Waals surface area contributed by atoms with Gasteiger partial charge < -0.3 is 10.1 Å². The number of ether oxygens (including phenoxy) is 1. The van der Waals surface area contributed by atoms with Crippen LogP contribution in [-0.2, 0) is 0 Å². The van der Waals surface area contributed by atoms with Crippen LogP contribution in [0.2, 0.25) is 10.0 Å². The van der Waals surface area contributed by atoms with E-state index < -0.39 is 5.82 Å². The number of hydrogen-bond donors (Lipinski definition) is 1. The smallest absolute Gasteiger partial charge is 0.160 e. The second kappa shape index (κ2) is 7.16. The van der Waals surface area contributed by atoms with E-state index in [2.05, 4.69) is 21.2 Å². The summed E-state index contributed by atoms with van der Waals surface area (Å²) in [5.74, 6) is 0.176. The molecule has 0 aliphatic rings. The molecule has 106 valence electrons. The summed E-state index contributed by atoms with van der Waals surface area (Å²) in [5, 5.41) is 3.05. The third-order valence-corrected chi connectivity index (χ3v) is 3.58. The summed E-state index contributed by atoms with van der Waals surface area (Å²) in [5.41, 5.74) is 0.654. The highest BCUT2D eigenvalue weighted by molar-refractivity contribution is 9.10. The molecule has 0 heterocycles. The normalized spacial score (nSPS) is 10.4. The lowest BCUT2D eigenvalue weighted by Crippen LogP contribution is -2.11. The van der Waals surface area contributed by atoms with Gasteiger partial charge in [0, 0.05) is 16.7 Å². The molecule has 0 saturated heterocycles. The van der Waals surface area contributed by atoms with Gasteiger partial charge in [-0.05, 0) is 36.4 Å². The van der Waals surface area contributed by atoms with Crippen LogP contribution >= 0.6 is 39.1 Å². The largest absolute Gasteiger partial charge is 0.492 e. The summed E-state index contributed by atoms with van der Waals surface area (Å²) in [4.78, 5) is 0. The Bertz CT molecular complexity index is 569. The van der Waals surface area contributed by atoms with Crippen molar-refractivity contribution >= 4 is 44.8 Å².